The topological polar surface area (TPSA) is 35.5 Å². The van der Waals surface area contributed by atoms with Crippen molar-refractivity contribution in [1.82, 2.24) is 10.2 Å². The van der Waals surface area contributed by atoms with Gasteiger partial charge in [0, 0.05) is 26.2 Å². The third kappa shape index (κ3) is 4.44. The van der Waals surface area contributed by atoms with Crippen LogP contribution in [0.4, 0.5) is 0 Å². The van der Waals surface area contributed by atoms with Gasteiger partial charge in [0.25, 0.3) is 0 Å². The van der Waals surface area contributed by atoms with Gasteiger partial charge >= 0.3 is 0 Å². The average Bonchev–Trinajstić information content (AvgIpc) is 2.42. The van der Waals surface area contributed by atoms with Crippen LogP contribution in [0.3, 0.4) is 0 Å². The summed E-state index contributed by atoms with van der Waals surface area (Å²) in [5.41, 5.74) is 0.0537. The van der Waals surface area contributed by atoms with Gasteiger partial charge in [-0.05, 0) is 50.5 Å². The Bertz CT molecular complexity index is 280. The molecule has 1 aliphatic heterocycles. The van der Waals surface area contributed by atoms with Gasteiger partial charge in [-0.2, -0.15) is 0 Å². The van der Waals surface area contributed by atoms with Gasteiger partial charge in [0.05, 0.1) is 5.60 Å². The highest BCUT2D eigenvalue weighted by Gasteiger charge is 2.37. The molecule has 118 valence electrons. The fraction of sp³-hybridized carbons (Fsp3) is 1.00. The lowest BCUT2D eigenvalue weighted by atomic mass is 9.70. The first kappa shape index (κ1) is 16.3. The van der Waals surface area contributed by atoms with E-state index in [1.807, 2.05) is 6.92 Å². The maximum absolute atomic E-state index is 10.1. The molecular weight excluding hydrogens is 248 g/mol. The molecule has 0 atom stereocenters. The quantitative estimate of drug-likeness (QED) is 0.814. The summed E-state index contributed by atoms with van der Waals surface area (Å²) < 4.78 is 0. The number of likely N-dealkylation sites (tertiary alicyclic amines) is 1. The van der Waals surface area contributed by atoms with Crippen LogP contribution in [-0.2, 0) is 0 Å². The second-order valence-electron chi connectivity index (χ2n) is 7.74. The van der Waals surface area contributed by atoms with Gasteiger partial charge in [-0.3, -0.25) is 0 Å². The number of piperidine rings is 1. The maximum atomic E-state index is 10.1. The first-order valence-electron chi connectivity index (χ1n) is 8.60. The Kier molecular flexibility index (Phi) is 5.49. The van der Waals surface area contributed by atoms with Crippen LogP contribution < -0.4 is 5.32 Å². The van der Waals surface area contributed by atoms with Gasteiger partial charge in [0.2, 0.25) is 0 Å². The molecule has 2 fully saturated rings. The standard InChI is InChI=1S/C17H34N2O/c1-4-18-13-17(7-5-15(2)6-8-17)14-19-11-9-16(3,20)10-12-19/h15,18,20H,4-14H2,1-3H3. The molecule has 1 aliphatic carbocycles. The lowest BCUT2D eigenvalue weighted by molar-refractivity contribution is -0.0214. The zero-order valence-corrected chi connectivity index (χ0v) is 13.7. The minimum absolute atomic E-state index is 0.424. The molecule has 2 rings (SSSR count). The predicted molar refractivity (Wildman–Crippen MR) is 84.9 cm³/mol. The molecular formula is C17H34N2O. The second-order valence-corrected chi connectivity index (χ2v) is 7.74. The number of nitrogens with zero attached hydrogens (tertiary/aromatic N) is 1. The molecule has 0 aromatic heterocycles. The maximum Gasteiger partial charge on any atom is 0.0644 e. The molecule has 3 nitrogen and oxygen atoms in total. The van der Waals surface area contributed by atoms with Crippen LogP contribution in [0.25, 0.3) is 0 Å². The van der Waals surface area contributed by atoms with Crippen molar-refractivity contribution in [3.05, 3.63) is 0 Å². The van der Waals surface area contributed by atoms with Gasteiger partial charge in [0.1, 0.15) is 0 Å². The van der Waals surface area contributed by atoms with Crippen LogP contribution in [0, 0.1) is 11.3 Å². The van der Waals surface area contributed by atoms with E-state index in [9.17, 15) is 5.11 Å². The van der Waals surface area contributed by atoms with E-state index < -0.39 is 5.60 Å². The fourth-order valence-electron chi connectivity index (χ4n) is 3.82. The van der Waals surface area contributed by atoms with Crippen molar-refractivity contribution in [3.8, 4) is 0 Å². The summed E-state index contributed by atoms with van der Waals surface area (Å²) in [5.74, 6) is 0.909. The van der Waals surface area contributed by atoms with Crippen LogP contribution >= 0.6 is 0 Å². The Morgan fingerprint density at radius 3 is 2.30 bits per heavy atom. The van der Waals surface area contributed by atoms with Crippen molar-refractivity contribution < 1.29 is 5.11 Å². The molecule has 2 N–H and O–H groups in total. The van der Waals surface area contributed by atoms with E-state index in [4.69, 9.17) is 0 Å². The van der Waals surface area contributed by atoms with Crippen LogP contribution in [0.2, 0.25) is 0 Å². The molecule has 0 aromatic rings. The lowest BCUT2D eigenvalue weighted by Crippen LogP contribution is -2.50. The van der Waals surface area contributed by atoms with Gasteiger partial charge in [-0.25, -0.2) is 0 Å². The normalized spacial score (nSPS) is 35.1. The summed E-state index contributed by atoms with van der Waals surface area (Å²) >= 11 is 0. The van der Waals surface area contributed by atoms with Crippen LogP contribution in [-0.4, -0.2) is 48.3 Å². The van der Waals surface area contributed by atoms with E-state index in [-0.39, 0.29) is 0 Å². The Balaban J connectivity index is 1.91. The van der Waals surface area contributed by atoms with Crippen molar-refractivity contribution in [2.75, 3.05) is 32.7 Å². The number of hydrogen-bond acceptors (Lipinski definition) is 3. The Hall–Kier alpha value is -0.120. The van der Waals surface area contributed by atoms with E-state index in [0.29, 0.717) is 5.41 Å². The smallest absolute Gasteiger partial charge is 0.0644 e. The largest absolute Gasteiger partial charge is 0.390 e. The average molecular weight is 282 g/mol. The molecule has 0 amide bonds. The molecule has 0 radical (unpaired) electrons. The minimum atomic E-state index is -0.424. The highest BCUT2D eigenvalue weighted by Crippen LogP contribution is 2.40. The first-order valence-corrected chi connectivity index (χ1v) is 8.60. The van der Waals surface area contributed by atoms with E-state index in [2.05, 4.69) is 24.1 Å². The van der Waals surface area contributed by atoms with Gasteiger partial charge < -0.3 is 15.3 Å². The van der Waals surface area contributed by atoms with Crippen molar-refractivity contribution in [1.29, 1.82) is 0 Å². The monoisotopic (exact) mass is 282 g/mol. The first-order chi connectivity index (χ1) is 9.45. The molecule has 2 aliphatic rings. The van der Waals surface area contributed by atoms with Crippen LogP contribution in [0.15, 0.2) is 0 Å². The van der Waals surface area contributed by atoms with Gasteiger partial charge in [0.15, 0.2) is 0 Å². The molecule has 0 spiro atoms. The molecule has 0 unspecified atom stereocenters. The summed E-state index contributed by atoms with van der Waals surface area (Å²) in [6.07, 6.45) is 7.37. The molecule has 1 saturated heterocycles. The van der Waals surface area contributed by atoms with Gasteiger partial charge in [-0.1, -0.05) is 26.7 Å². The van der Waals surface area contributed by atoms with Crippen LogP contribution in [0.5, 0.6) is 0 Å². The number of hydrogen-bond donors (Lipinski definition) is 2. The number of aliphatic hydroxyl groups is 1. The SMILES string of the molecule is CCNCC1(CN2CCC(C)(O)CC2)CCC(C)CC1. The highest BCUT2D eigenvalue weighted by atomic mass is 16.3. The lowest BCUT2D eigenvalue weighted by Gasteiger charge is -2.45. The molecule has 1 heterocycles. The zero-order chi connectivity index (χ0) is 14.6. The summed E-state index contributed by atoms with van der Waals surface area (Å²) in [6.45, 7) is 12.2. The molecule has 0 aromatic carbocycles. The molecule has 3 heteroatoms. The summed E-state index contributed by atoms with van der Waals surface area (Å²) in [6, 6.07) is 0. The van der Waals surface area contributed by atoms with E-state index >= 15 is 0 Å². The highest BCUT2D eigenvalue weighted by molar-refractivity contribution is 4.91. The molecule has 0 bridgehead atoms. The fourth-order valence-corrected chi connectivity index (χ4v) is 3.82. The minimum Gasteiger partial charge on any atom is -0.390 e. The Morgan fingerprint density at radius 2 is 1.75 bits per heavy atom. The van der Waals surface area contributed by atoms with E-state index in [0.717, 1.165) is 38.4 Å². The summed E-state index contributed by atoms with van der Waals surface area (Å²) in [5, 5.41) is 13.7. The Morgan fingerprint density at radius 1 is 1.15 bits per heavy atom. The van der Waals surface area contributed by atoms with Crippen molar-refractivity contribution in [2.24, 2.45) is 11.3 Å². The summed E-state index contributed by atoms with van der Waals surface area (Å²) in [7, 11) is 0. The molecule has 20 heavy (non-hydrogen) atoms. The second kappa shape index (κ2) is 6.76. The van der Waals surface area contributed by atoms with Crippen LogP contribution in [0.1, 0.15) is 59.3 Å². The number of rotatable bonds is 5. The van der Waals surface area contributed by atoms with E-state index in [1.165, 1.54) is 38.8 Å². The van der Waals surface area contributed by atoms with Gasteiger partial charge in [-0.15, -0.1) is 0 Å². The summed E-state index contributed by atoms with van der Waals surface area (Å²) in [4.78, 5) is 2.60. The van der Waals surface area contributed by atoms with E-state index in [1.54, 1.807) is 0 Å². The third-order valence-corrected chi connectivity index (χ3v) is 5.58. The number of nitrogens with one attached hydrogen (secondary N) is 1. The Labute approximate surface area is 125 Å². The zero-order valence-electron chi connectivity index (χ0n) is 13.7. The third-order valence-electron chi connectivity index (χ3n) is 5.58. The van der Waals surface area contributed by atoms with Crippen molar-refractivity contribution in [2.45, 2.75) is 64.9 Å². The van der Waals surface area contributed by atoms with Crippen molar-refractivity contribution >= 4 is 0 Å². The predicted octanol–water partition coefficient (Wildman–Crippen LogP) is 2.64. The molecule has 1 saturated carbocycles. The van der Waals surface area contributed by atoms with Crippen molar-refractivity contribution in [3.63, 3.8) is 0 Å².